The Labute approximate surface area is 128 Å². The Morgan fingerprint density at radius 2 is 1.76 bits per heavy atom. The second-order valence-corrected chi connectivity index (χ2v) is 5.28. The molecule has 0 aliphatic heterocycles. The molecule has 0 atom stereocenters. The van der Waals surface area contributed by atoms with Crippen LogP contribution in [0.1, 0.15) is 22.4 Å². The Morgan fingerprint density at radius 3 is 2.43 bits per heavy atom. The number of carbonyl (C=O) groups is 1. The van der Waals surface area contributed by atoms with Crippen molar-refractivity contribution in [3.63, 3.8) is 0 Å². The van der Waals surface area contributed by atoms with Crippen molar-refractivity contribution in [2.24, 2.45) is 0 Å². The van der Waals surface area contributed by atoms with Crippen molar-refractivity contribution >= 4 is 29.1 Å². The number of nitrogens with zero attached hydrogens (tertiary/aromatic N) is 2. The first-order valence-corrected chi connectivity index (χ1v) is 6.87. The van der Waals surface area contributed by atoms with Gasteiger partial charge >= 0.3 is 0 Å². The Morgan fingerprint density at radius 1 is 1.10 bits per heavy atom. The van der Waals surface area contributed by atoms with Crippen LogP contribution in [0.15, 0.2) is 30.6 Å². The van der Waals surface area contributed by atoms with Gasteiger partial charge in [0.25, 0.3) is 0 Å². The number of hydrogen-bond donors (Lipinski definition) is 1. The monoisotopic (exact) mass is 301 g/mol. The summed E-state index contributed by atoms with van der Waals surface area (Å²) in [5, 5.41) is 0.376. The fraction of sp³-hybridized carbons (Fsp3) is 0.188. The zero-order valence-corrected chi connectivity index (χ0v) is 12.7. The first-order chi connectivity index (χ1) is 9.95. The molecule has 0 unspecified atom stereocenters. The highest BCUT2D eigenvalue weighted by Gasteiger charge is 2.10. The van der Waals surface area contributed by atoms with Crippen molar-refractivity contribution in [3.05, 3.63) is 58.1 Å². The lowest BCUT2D eigenvalue weighted by Crippen LogP contribution is -2.06. The summed E-state index contributed by atoms with van der Waals surface area (Å²) in [5.74, 6) is 0.162. The lowest BCUT2D eigenvalue weighted by molar-refractivity contribution is -0.114. The van der Waals surface area contributed by atoms with E-state index in [2.05, 4.69) is 9.97 Å². The van der Waals surface area contributed by atoms with Crippen LogP contribution in [0.25, 0.3) is 6.08 Å². The van der Waals surface area contributed by atoms with Gasteiger partial charge in [-0.1, -0.05) is 17.7 Å². The number of nitrogens with two attached hydrogens (primary N) is 1. The van der Waals surface area contributed by atoms with Gasteiger partial charge in [-0.25, -0.2) is 4.98 Å². The molecule has 5 heteroatoms. The van der Waals surface area contributed by atoms with Crippen molar-refractivity contribution in [2.75, 3.05) is 5.73 Å². The summed E-state index contributed by atoms with van der Waals surface area (Å²) in [7, 11) is 0. The van der Waals surface area contributed by atoms with Gasteiger partial charge in [-0.3, -0.25) is 9.78 Å². The average molecular weight is 302 g/mol. The van der Waals surface area contributed by atoms with Gasteiger partial charge in [-0.2, -0.15) is 0 Å². The number of carbonyl (C=O) groups excluding carboxylic acids is 1. The van der Waals surface area contributed by atoms with Crippen LogP contribution < -0.4 is 5.73 Å². The topological polar surface area (TPSA) is 68.9 Å². The van der Waals surface area contributed by atoms with E-state index in [4.69, 9.17) is 17.3 Å². The molecule has 2 aromatic heterocycles. The molecule has 0 amide bonds. The predicted octanol–water partition coefficient (Wildman–Crippen LogP) is 3.15. The number of ketones is 1. The Bertz CT molecular complexity index is 711. The lowest BCUT2D eigenvalue weighted by atomic mass is 10.0. The van der Waals surface area contributed by atoms with Crippen molar-refractivity contribution in [1.29, 1.82) is 0 Å². The molecular weight excluding hydrogens is 286 g/mol. The van der Waals surface area contributed by atoms with Crippen LogP contribution in [0.4, 0.5) is 5.69 Å². The normalized spacial score (nSPS) is 12.4. The number of pyridine rings is 2. The van der Waals surface area contributed by atoms with Crippen LogP contribution >= 0.6 is 11.6 Å². The smallest absolute Gasteiger partial charge is 0.160 e. The highest BCUT2D eigenvalue weighted by Crippen LogP contribution is 2.16. The number of fused-ring (bicyclic) bond motifs is 1. The van der Waals surface area contributed by atoms with Crippen LogP contribution in [0.2, 0.25) is 5.15 Å². The number of anilines is 1. The van der Waals surface area contributed by atoms with Gasteiger partial charge < -0.3 is 5.73 Å². The Balaban J connectivity index is 0.000000161. The molecule has 0 bridgehead atoms. The van der Waals surface area contributed by atoms with Crippen LogP contribution in [0.5, 0.6) is 0 Å². The van der Waals surface area contributed by atoms with E-state index in [9.17, 15) is 4.79 Å². The lowest BCUT2D eigenvalue weighted by Gasteiger charge is -2.08. The Hall–Kier alpha value is -2.20. The molecule has 108 valence electrons. The molecule has 2 N–H and O–H groups in total. The van der Waals surface area contributed by atoms with Crippen LogP contribution in [0, 0.1) is 13.8 Å². The second-order valence-electron chi connectivity index (χ2n) is 4.93. The van der Waals surface area contributed by atoms with Crippen LogP contribution in [-0.2, 0) is 11.2 Å². The summed E-state index contributed by atoms with van der Waals surface area (Å²) in [4.78, 5) is 19.1. The van der Waals surface area contributed by atoms with Gasteiger partial charge in [0, 0.05) is 18.8 Å². The van der Waals surface area contributed by atoms with E-state index in [-0.39, 0.29) is 5.78 Å². The maximum Gasteiger partial charge on any atom is 0.160 e. The fourth-order valence-corrected chi connectivity index (χ4v) is 2.03. The predicted molar refractivity (Wildman–Crippen MR) is 85.1 cm³/mol. The van der Waals surface area contributed by atoms with Crippen molar-refractivity contribution in [2.45, 2.75) is 20.3 Å². The summed E-state index contributed by atoms with van der Waals surface area (Å²) in [5.41, 5.74) is 10.1. The molecule has 0 spiro atoms. The number of aryl methyl sites for hydroxylation is 2. The van der Waals surface area contributed by atoms with E-state index in [1.807, 2.05) is 26.1 Å². The SMILES string of the molecule is Cc1cnc(Cl)c(N)c1.Cc1cnc2c(c1)CC(=O)C=C2. The molecule has 2 aromatic rings. The highest BCUT2D eigenvalue weighted by molar-refractivity contribution is 6.31. The number of allylic oxidation sites excluding steroid dienone is 1. The summed E-state index contributed by atoms with van der Waals surface area (Å²) in [6.45, 7) is 3.90. The second kappa shape index (κ2) is 6.50. The minimum atomic E-state index is 0.162. The van der Waals surface area contributed by atoms with Gasteiger partial charge in [0.05, 0.1) is 11.4 Å². The van der Waals surface area contributed by atoms with E-state index in [0.717, 1.165) is 22.4 Å². The average Bonchev–Trinajstić information content (AvgIpc) is 2.43. The zero-order valence-electron chi connectivity index (χ0n) is 11.9. The maximum atomic E-state index is 11.0. The van der Waals surface area contributed by atoms with Crippen LogP contribution in [0.3, 0.4) is 0 Å². The van der Waals surface area contributed by atoms with E-state index in [0.29, 0.717) is 17.3 Å². The summed E-state index contributed by atoms with van der Waals surface area (Å²) >= 11 is 5.54. The molecule has 0 saturated heterocycles. The summed E-state index contributed by atoms with van der Waals surface area (Å²) in [6.07, 6.45) is 7.36. The van der Waals surface area contributed by atoms with E-state index in [1.54, 1.807) is 24.4 Å². The van der Waals surface area contributed by atoms with Crippen molar-refractivity contribution in [3.8, 4) is 0 Å². The molecule has 2 heterocycles. The van der Waals surface area contributed by atoms with Crippen molar-refractivity contribution < 1.29 is 4.79 Å². The molecule has 0 fully saturated rings. The molecule has 3 rings (SSSR count). The number of hydrogen-bond acceptors (Lipinski definition) is 4. The number of rotatable bonds is 0. The van der Waals surface area contributed by atoms with Gasteiger partial charge in [0.15, 0.2) is 10.9 Å². The minimum absolute atomic E-state index is 0.162. The van der Waals surface area contributed by atoms with Gasteiger partial charge in [-0.15, -0.1) is 0 Å². The Kier molecular flexibility index (Phi) is 4.70. The minimum Gasteiger partial charge on any atom is -0.396 e. The standard InChI is InChI=1S/C10H9NO.C6H7ClN2/c1-7-4-8-5-9(12)2-3-10(8)11-6-7;1-4-2-5(8)6(7)9-3-4/h2-4,6H,5H2,1H3;2-3H,8H2,1H3. The first kappa shape index (κ1) is 15.2. The third-order valence-electron chi connectivity index (χ3n) is 2.93. The molecule has 1 aliphatic carbocycles. The number of nitrogen functional groups attached to an aromatic ring is 1. The molecule has 21 heavy (non-hydrogen) atoms. The molecule has 0 aromatic carbocycles. The van der Waals surface area contributed by atoms with Crippen LogP contribution in [-0.4, -0.2) is 15.8 Å². The molecule has 0 saturated carbocycles. The number of halogens is 1. The molecular formula is C16H16ClN3O. The third kappa shape index (κ3) is 4.13. The van der Waals surface area contributed by atoms with Gasteiger partial charge in [-0.05, 0) is 48.8 Å². The van der Waals surface area contributed by atoms with Gasteiger partial charge in [0.2, 0.25) is 0 Å². The summed E-state index contributed by atoms with van der Waals surface area (Å²) < 4.78 is 0. The van der Waals surface area contributed by atoms with Crippen molar-refractivity contribution in [1.82, 2.24) is 9.97 Å². The molecule has 0 radical (unpaired) electrons. The maximum absolute atomic E-state index is 11.0. The summed E-state index contributed by atoms with van der Waals surface area (Å²) in [6, 6.07) is 3.80. The number of aromatic nitrogens is 2. The van der Waals surface area contributed by atoms with E-state index >= 15 is 0 Å². The fourth-order valence-electron chi connectivity index (χ4n) is 1.93. The quantitative estimate of drug-likeness (QED) is 0.759. The largest absolute Gasteiger partial charge is 0.396 e. The highest BCUT2D eigenvalue weighted by atomic mass is 35.5. The van der Waals surface area contributed by atoms with E-state index in [1.165, 1.54) is 0 Å². The first-order valence-electron chi connectivity index (χ1n) is 6.50. The third-order valence-corrected chi connectivity index (χ3v) is 3.25. The molecule has 1 aliphatic rings. The zero-order chi connectivity index (χ0) is 15.4. The molecule has 4 nitrogen and oxygen atoms in total. The van der Waals surface area contributed by atoms with Gasteiger partial charge in [0.1, 0.15) is 0 Å². The van der Waals surface area contributed by atoms with E-state index < -0.39 is 0 Å².